The zero-order valence-corrected chi connectivity index (χ0v) is 22.6. The predicted molar refractivity (Wildman–Crippen MR) is 146 cm³/mol. The number of benzene rings is 1. The molecule has 2 atom stereocenters. The lowest BCUT2D eigenvalue weighted by molar-refractivity contribution is 0.0365. The molecule has 0 radical (unpaired) electrons. The van der Waals surface area contributed by atoms with Crippen molar-refractivity contribution >= 4 is 52.1 Å². The summed E-state index contributed by atoms with van der Waals surface area (Å²) >= 11 is 14.5. The van der Waals surface area contributed by atoms with Crippen LogP contribution in [0.5, 0.6) is 0 Å². The van der Waals surface area contributed by atoms with E-state index in [4.69, 9.17) is 28.3 Å². The van der Waals surface area contributed by atoms with E-state index in [9.17, 15) is 4.79 Å². The fourth-order valence-electron chi connectivity index (χ4n) is 5.24. The molecule has 0 spiro atoms. The maximum Gasteiger partial charge on any atom is 0.286 e. The highest BCUT2D eigenvalue weighted by atomic mass is 35.5. The predicted octanol–water partition coefficient (Wildman–Crippen LogP) is 7.33. The lowest BCUT2D eigenvalue weighted by atomic mass is 9.90. The standard InChI is InChI=1S/C27H30Cl2N4OS/c1-16-12-13-35-24(16)14-19-8-5-9-21-25(27(34)31-32-17(2)6-4-7-18(32)3)30-33(26(19)21)23-11-10-20(28)15-22(23)29/h10-15,17-18H,4-9H2,1-3H3,(H,31,34)/b19-14+. The molecular weight excluding hydrogens is 499 g/mol. The Morgan fingerprint density at radius 3 is 2.60 bits per heavy atom. The Labute approximate surface area is 220 Å². The minimum atomic E-state index is -0.153. The third-order valence-corrected chi connectivity index (χ3v) is 8.65. The van der Waals surface area contributed by atoms with Gasteiger partial charge in [0.05, 0.1) is 16.4 Å². The average Bonchev–Trinajstić information content (AvgIpc) is 3.40. The number of aryl methyl sites for hydroxylation is 1. The number of amides is 1. The van der Waals surface area contributed by atoms with Gasteiger partial charge in [-0.3, -0.25) is 10.2 Å². The molecule has 3 heterocycles. The molecule has 184 valence electrons. The number of halogens is 2. The van der Waals surface area contributed by atoms with Crippen LogP contribution in [0, 0.1) is 6.92 Å². The van der Waals surface area contributed by atoms with E-state index >= 15 is 0 Å². The minimum absolute atomic E-state index is 0.153. The van der Waals surface area contributed by atoms with Gasteiger partial charge in [0.1, 0.15) is 0 Å². The summed E-state index contributed by atoms with van der Waals surface area (Å²) < 4.78 is 1.85. The number of piperidine rings is 1. The van der Waals surface area contributed by atoms with Crippen LogP contribution in [0.15, 0.2) is 29.6 Å². The summed E-state index contributed by atoms with van der Waals surface area (Å²) in [5.41, 5.74) is 8.77. The SMILES string of the molecule is Cc1ccsc1/C=C1\CCCc2c(C(=O)NN3C(C)CCCC3C)nn(-c3ccc(Cl)cc3Cl)c21. The molecule has 1 saturated heterocycles. The van der Waals surface area contributed by atoms with Crippen LogP contribution < -0.4 is 5.43 Å². The summed E-state index contributed by atoms with van der Waals surface area (Å²) in [6.07, 6.45) is 8.27. The highest BCUT2D eigenvalue weighted by Crippen LogP contribution is 2.38. The molecule has 5 nitrogen and oxygen atoms in total. The molecule has 0 saturated carbocycles. The highest BCUT2D eigenvalue weighted by Gasteiger charge is 2.32. The first-order valence-corrected chi connectivity index (χ1v) is 13.9. The van der Waals surface area contributed by atoms with E-state index in [-0.39, 0.29) is 5.91 Å². The number of thiophene rings is 1. The molecule has 2 aromatic heterocycles. The molecular formula is C27H30Cl2N4OS. The summed E-state index contributed by atoms with van der Waals surface area (Å²) in [6.45, 7) is 6.46. The van der Waals surface area contributed by atoms with E-state index in [2.05, 4.69) is 48.7 Å². The van der Waals surface area contributed by atoms with Crippen molar-refractivity contribution in [2.45, 2.75) is 71.4 Å². The van der Waals surface area contributed by atoms with Gasteiger partial charge >= 0.3 is 0 Å². The summed E-state index contributed by atoms with van der Waals surface area (Å²) in [5, 5.41) is 10.2. The van der Waals surface area contributed by atoms with Gasteiger partial charge < -0.3 is 0 Å². The number of hydrazine groups is 1. The third kappa shape index (κ3) is 4.82. The van der Waals surface area contributed by atoms with Gasteiger partial charge in [0.2, 0.25) is 0 Å². The highest BCUT2D eigenvalue weighted by molar-refractivity contribution is 7.11. The van der Waals surface area contributed by atoms with E-state index in [1.165, 1.54) is 22.4 Å². The monoisotopic (exact) mass is 528 g/mol. The summed E-state index contributed by atoms with van der Waals surface area (Å²) in [4.78, 5) is 14.9. The smallest absolute Gasteiger partial charge is 0.283 e. The number of hydrogen-bond donors (Lipinski definition) is 1. The fraction of sp³-hybridized carbons (Fsp3) is 0.407. The second-order valence-corrected chi connectivity index (χ2v) is 11.4. The number of allylic oxidation sites excluding steroid dienone is 1. The quantitative estimate of drug-likeness (QED) is 0.385. The van der Waals surface area contributed by atoms with Crippen LogP contribution in [0.25, 0.3) is 17.3 Å². The van der Waals surface area contributed by atoms with Crippen LogP contribution in [0.3, 0.4) is 0 Å². The van der Waals surface area contributed by atoms with E-state index in [0.717, 1.165) is 49.0 Å². The maximum atomic E-state index is 13.6. The van der Waals surface area contributed by atoms with Gasteiger partial charge in [-0.05, 0) is 99.7 Å². The van der Waals surface area contributed by atoms with E-state index < -0.39 is 0 Å². The molecule has 1 aromatic carbocycles. The van der Waals surface area contributed by atoms with Gasteiger partial charge in [0.25, 0.3) is 5.91 Å². The van der Waals surface area contributed by atoms with Crippen molar-refractivity contribution in [1.82, 2.24) is 20.2 Å². The summed E-state index contributed by atoms with van der Waals surface area (Å²) in [6, 6.07) is 8.13. The zero-order chi connectivity index (χ0) is 24.7. The lowest BCUT2D eigenvalue weighted by Gasteiger charge is -2.38. The van der Waals surface area contributed by atoms with Gasteiger partial charge in [-0.1, -0.05) is 29.6 Å². The number of nitrogens with one attached hydrogen (secondary N) is 1. The molecule has 8 heteroatoms. The number of rotatable bonds is 4. The number of hydrogen-bond acceptors (Lipinski definition) is 4. The third-order valence-electron chi connectivity index (χ3n) is 7.14. The van der Waals surface area contributed by atoms with Crippen LogP contribution in [0.1, 0.15) is 78.1 Å². The van der Waals surface area contributed by atoms with Crippen molar-refractivity contribution in [3.63, 3.8) is 0 Å². The first-order valence-electron chi connectivity index (χ1n) is 12.2. The van der Waals surface area contributed by atoms with Crippen molar-refractivity contribution < 1.29 is 4.79 Å². The van der Waals surface area contributed by atoms with Crippen molar-refractivity contribution in [2.75, 3.05) is 0 Å². The largest absolute Gasteiger partial charge is 0.286 e. The zero-order valence-electron chi connectivity index (χ0n) is 20.3. The van der Waals surface area contributed by atoms with Gasteiger partial charge in [0, 0.05) is 27.5 Å². The molecule has 3 aromatic rings. The molecule has 1 amide bonds. The van der Waals surface area contributed by atoms with Crippen molar-refractivity contribution in [1.29, 1.82) is 0 Å². The number of aromatic nitrogens is 2. The number of carbonyl (C=O) groups excluding carboxylic acids is 1. The number of fused-ring (bicyclic) bond motifs is 1. The Hall–Kier alpha value is -2.12. The first-order chi connectivity index (χ1) is 16.8. The van der Waals surface area contributed by atoms with E-state index in [1.807, 2.05) is 16.8 Å². The molecule has 2 aliphatic rings. The second-order valence-electron chi connectivity index (χ2n) is 9.65. The minimum Gasteiger partial charge on any atom is -0.283 e. The molecule has 1 N–H and O–H groups in total. The van der Waals surface area contributed by atoms with Crippen molar-refractivity contribution in [3.05, 3.63) is 67.1 Å². The van der Waals surface area contributed by atoms with Crippen LogP contribution in [-0.2, 0) is 6.42 Å². The Balaban J connectivity index is 1.62. The van der Waals surface area contributed by atoms with Crippen molar-refractivity contribution in [2.24, 2.45) is 0 Å². The average molecular weight is 530 g/mol. The van der Waals surface area contributed by atoms with Gasteiger partial charge in [-0.2, -0.15) is 5.10 Å². The summed E-state index contributed by atoms with van der Waals surface area (Å²) in [5.74, 6) is -0.153. The van der Waals surface area contributed by atoms with Gasteiger partial charge in [-0.25, -0.2) is 9.69 Å². The molecule has 0 bridgehead atoms. The molecule has 1 aliphatic carbocycles. The normalized spacial score (nSPS) is 21.8. The Kier molecular flexibility index (Phi) is 7.09. The van der Waals surface area contributed by atoms with Crippen LogP contribution in [0.2, 0.25) is 10.0 Å². The maximum absolute atomic E-state index is 13.6. The van der Waals surface area contributed by atoms with E-state index in [0.29, 0.717) is 27.8 Å². The Morgan fingerprint density at radius 2 is 1.91 bits per heavy atom. The first kappa shape index (κ1) is 24.6. The fourth-order valence-corrected chi connectivity index (χ4v) is 6.62. The van der Waals surface area contributed by atoms with Crippen LogP contribution in [0.4, 0.5) is 0 Å². The molecule has 2 unspecified atom stereocenters. The molecule has 35 heavy (non-hydrogen) atoms. The van der Waals surface area contributed by atoms with Gasteiger partial charge in [-0.15, -0.1) is 11.3 Å². The second kappa shape index (κ2) is 10.1. The van der Waals surface area contributed by atoms with E-state index in [1.54, 1.807) is 17.4 Å². The topological polar surface area (TPSA) is 50.2 Å². The van der Waals surface area contributed by atoms with Crippen LogP contribution >= 0.6 is 34.5 Å². The molecule has 1 aliphatic heterocycles. The van der Waals surface area contributed by atoms with Gasteiger partial charge in [0.15, 0.2) is 5.69 Å². The van der Waals surface area contributed by atoms with Crippen LogP contribution in [-0.4, -0.2) is 32.8 Å². The lowest BCUT2D eigenvalue weighted by Crippen LogP contribution is -2.54. The molecule has 1 fully saturated rings. The molecule has 5 rings (SSSR count). The number of nitrogens with zero attached hydrogens (tertiary/aromatic N) is 3. The number of carbonyl (C=O) groups is 1. The Bertz CT molecular complexity index is 1280. The Morgan fingerprint density at radius 1 is 1.14 bits per heavy atom. The van der Waals surface area contributed by atoms with Crippen molar-refractivity contribution in [3.8, 4) is 5.69 Å². The summed E-state index contributed by atoms with van der Waals surface area (Å²) in [7, 11) is 0.